The first-order valence-electron chi connectivity index (χ1n) is 8.78. The second kappa shape index (κ2) is 10.2. The highest BCUT2D eigenvalue weighted by molar-refractivity contribution is 4.99. The van der Waals surface area contributed by atoms with Crippen LogP contribution in [0.4, 0.5) is 0 Å². The van der Waals surface area contributed by atoms with E-state index in [-0.39, 0.29) is 1.43 Å². The van der Waals surface area contributed by atoms with Crippen LogP contribution in [0, 0.1) is 17.8 Å². The predicted molar refractivity (Wildman–Crippen MR) is 93.1 cm³/mol. The average molecular weight is 280 g/mol. The Balaban J connectivity index is 0.00000128. The maximum absolute atomic E-state index is 4.14. The van der Waals surface area contributed by atoms with Gasteiger partial charge in [0.1, 0.15) is 0 Å². The topological polar surface area (TPSA) is 12.0 Å². The highest BCUT2D eigenvalue weighted by Gasteiger charge is 2.16. The molecular weight excluding hydrogens is 242 g/mol. The van der Waals surface area contributed by atoms with Gasteiger partial charge >= 0.3 is 0 Å². The second-order valence-electron chi connectivity index (χ2n) is 6.47. The van der Waals surface area contributed by atoms with Crippen molar-refractivity contribution in [1.29, 1.82) is 0 Å². The van der Waals surface area contributed by atoms with Gasteiger partial charge in [0.25, 0.3) is 0 Å². The first-order valence-corrected chi connectivity index (χ1v) is 8.78. The van der Waals surface area contributed by atoms with Crippen LogP contribution in [0.15, 0.2) is 24.3 Å². The van der Waals surface area contributed by atoms with E-state index in [1.807, 2.05) is 13.8 Å². The Hall–Kier alpha value is -0.560. The van der Waals surface area contributed by atoms with Crippen LogP contribution in [0.2, 0.25) is 0 Å². The quantitative estimate of drug-likeness (QED) is 0.511. The van der Waals surface area contributed by atoms with Crippen LogP contribution < -0.4 is 5.32 Å². The molecule has 0 radical (unpaired) electrons. The first kappa shape index (κ1) is 17.5. The Labute approximate surface area is 128 Å². The van der Waals surface area contributed by atoms with Gasteiger partial charge in [0.2, 0.25) is 0 Å². The molecule has 0 amide bonds. The summed E-state index contributed by atoms with van der Waals surface area (Å²) in [6.45, 7) is 12.9. The van der Waals surface area contributed by atoms with E-state index < -0.39 is 0 Å². The summed E-state index contributed by atoms with van der Waals surface area (Å²) in [5.74, 6) is 2.55. The zero-order valence-corrected chi connectivity index (χ0v) is 14.0. The van der Waals surface area contributed by atoms with Crippen molar-refractivity contribution in [2.75, 3.05) is 13.1 Å². The Morgan fingerprint density at radius 3 is 2.90 bits per heavy atom. The van der Waals surface area contributed by atoms with E-state index in [2.05, 4.69) is 31.0 Å². The van der Waals surface area contributed by atoms with Crippen molar-refractivity contribution in [3.05, 3.63) is 24.3 Å². The Bertz CT molecular complexity index is 298. The van der Waals surface area contributed by atoms with E-state index >= 15 is 0 Å². The molecule has 2 aliphatic carbocycles. The SMILES string of the molecule is C=C1CCCC(CCNCC2C=CC[C@H](C)C2)C1.CC.[HH]. The van der Waals surface area contributed by atoms with E-state index in [1.54, 1.807) is 0 Å². The molecule has 20 heavy (non-hydrogen) atoms. The number of nitrogens with one attached hydrogen (secondary N) is 1. The van der Waals surface area contributed by atoms with E-state index in [4.69, 9.17) is 0 Å². The van der Waals surface area contributed by atoms with Gasteiger partial charge < -0.3 is 5.32 Å². The smallest absolute Gasteiger partial charge is 0.00143 e. The van der Waals surface area contributed by atoms with Crippen LogP contribution in [0.3, 0.4) is 0 Å². The monoisotopic (exact) mass is 279 g/mol. The third-order valence-corrected chi connectivity index (χ3v) is 4.51. The van der Waals surface area contributed by atoms with Crippen molar-refractivity contribution in [1.82, 2.24) is 5.32 Å². The molecule has 0 spiro atoms. The number of hydrogen-bond donors (Lipinski definition) is 1. The molecule has 2 unspecified atom stereocenters. The molecule has 2 aliphatic rings. The molecule has 1 saturated carbocycles. The number of hydrogen-bond acceptors (Lipinski definition) is 1. The molecule has 0 bridgehead atoms. The van der Waals surface area contributed by atoms with Gasteiger partial charge in [0, 0.05) is 7.97 Å². The molecule has 118 valence electrons. The highest BCUT2D eigenvalue weighted by Crippen LogP contribution is 2.29. The third kappa shape index (κ3) is 6.74. The Morgan fingerprint density at radius 1 is 1.40 bits per heavy atom. The molecule has 0 aromatic heterocycles. The minimum absolute atomic E-state index is 0. The lowest BCUT2D eigenvalue weighted by Gasteiger charge is -2.25. The zero-order valence-electron chi connectivity index (χ0n) is 14.0. The normalized spacial score (nSPS) is 29.8. The molecule has 3 atom stereocenters. The first-order chi connectivity index (χ1) is 9.74. The summed E-state index contributed by atoms with van der Waals surface area (Å²) in [6.07, 6.45) is 14.1. The summed E-state index contributed by atoms with van der Waals surface area (Å²) in [5, 5.41) is 3.66. The summed E-state index contributed by atoms with van der Waals surface area (Å²) in [5.41, 5.74) is 1.48. The van der Waals surface area contributed by atoms with E-state index in [1.165, 1.54) is 63.6 Å². The third-order valence-electron chi connectivity index (χ3n) is 4.51. The van der Waals surface area contributed by atoms with Gasteiger partial charge in [0.15, 0.2) is 0 Å². The van der Waals surface area contributed by atoms with Gasteiger partial charge in [-0.2, -0.15) is 0 Å². The van der Waals surface area contributed by atoms with Gasteiger partial charge in [-0.1, -0.05) is 45.1 Å². The summed E-state index contributed by atoms with van der Waals surface area (Å²) >= 11 is 0. The molecule has 0 heterocycles. The van der Waals surface area contributed by atoms with Crippen molar-refractivity contribution in [2.45, 2.75) is 65.7 Å². The fourth-order valence-electron chi connectivity index (χ4n) is 3.44. The lowest BCUT2D eigenvalue weighted by Crippen LogP contribution is -2.27. The lowest BCUT2D eigenvalue weighted by molar-refractivity contribution is 0.367. The van der Waals surface area contributed by atoms with Crippen molar-refractivity contribution < 1.29 is 1.43 Å². The minimum Gasteiger partial charge on any atom is -0.316 e. The van der Waals surface area contributed by atoms with E-state index in [9.17, 15) is 0 Å². The summed E-state index contributed by atoms with van der Waals surface area (Å²) in [6, 6.07) is 0. The maximum Gasteiger partial charge on any atom is 0.00143 e. The standard InChI is InChI=1S/C17H29N.C2H6.H2/c1-14-5-3-7-16(11-14)9-10-18-13-17-8-4-6-15(2)12-17;1-2;/h4,8,15-18H,1,3,5-7,9-13H2,2H3;1-2H3;1H/t15-,16?,17?;;/m0../s1. The molecule has 1 N–H and O–H groups in total. The zero-order chi connectivity index (χ0) is 14.8. The van der Waals surface area contributed by atoms with E-state index in [0.717, 1.165) is 17.8 Å². The highest BCUT2D eigenvalue weighted by atomic mass is 14.9. The average Bonchev–Trinajstić information content (AvgIpc) is 2.46. The summed E-state index contributed by atoms with van der Waals surface area (Å²) in [7, 11) is 0. The van der Waals surface area contributed by atoms with Crippen LogP contribution in [-0.4, -0.2) is 13.1 Å². The summed E-state index contributed by atoms with van der Waals surface area (Å²) < 4.78 is 0. The van der Waals surface area contributed by atoms with Crippen LogP contribution in [0.25, 0.3) is 0 Å². The van der Waals surface area contributed by atoms with Gasteiger partial charge in [-0.25, -0.2) is 0 Å². The fraction of sp³-hybridized carbons (Fsp3) is 0.789. The van der Waals surface area contributed by atoms with Crippen LogP contribution in [0.1, 0.15) is 67.1 Å². The van der Waals surface area contributed by atoms with Gasteiger partial charge in [-0.15, -0.1) is 0 Å². The van der Waals surface area contributed by atoms with Gasteiger partial charge in [-0.05, 0) is 69.2 Å². The largest absolute Gasteiger partial charge is 0.316 e. The van der Waals surface area contributed by atoms with Crippen molar-refractivity contribution in [3.63, 3.8) is 0 Å². The molecule has 2 rings (SSSR count). The van der Waals surface area contributed by atoms with Crippen LogP contribution in [-0.2, 0) is 0 Å². The van der Waals surface area contributed by atoms with Crippen molar-refractivity contribution in [3.8, 4) is 0 Å². The molecule has 1 heteroatoms. The summed E-state index contributed by atoms with van der Waals surface area (Å²) in [4.78, 5) is 0. The maximum atomic E-state index is 4.14. The van der Waals surface area contributed by atoms with Crippen molar-refractivity contribution in [2.24, 2.45) is 17.8 Å². The molecule has 0 aliphatic heterocycles. The fourth-order valence-corrected chi connectivity index (χ4v) is 3.44. The van der Waals surface area contributed by atoms with Gasteiger partial charge in [0.05, 0.1) is 0 Å². The van der Waals surface area contributed by atoms with Crippen LogP contribution >= 0.6 is 0 Å². The molecule has 0 saturated heterocycles. The Kier molecular flexibility index (Phi) is 8.93. The minimum atomic E-state index is 0. The lowest BCUT2D eigenvalue weighted by atomic mass is 9.84. The molecule has 0 aromatic rings. The number of allylic oxidation sites excluding steroid dienone is 2. The molecule has 0 aromatic carbocycles. The predicted octanol–water partition coefficient (Wildman–Crippen LogP) is 5.59. The number of rotatable bonds is 5. The van der Waals surface area contributed by atoms with Gasteiger partial charge in [-0.3, -0.25) is 0 Å². The molecule has 1 nitrogen and oxygen atoms in total. The molecular formula is C19H37N. The van der Waals surface area contributed by atoms with Crippen LogP contribution in [0.5, 0.6) is 0 Å². The molecule has 1 fully saturated rings. The second-order valence-corrected chi connectivity index (χ2v) is 6.47. The Morgan fingerprint density at radius 2 is 2.20 bits per heavy atom. The van der Waals surface area contributed by atoms with E-state index in [0.29, 0.717) is 0 Å². The van der Waals surface area contributed by atoms with Crippen molar-refractivity contribution >= 4 is 0 Å².